The smallest absolute Gasteiger partial charge is 0.0108 e. The molecule has 0 aromatic carbocycles. The minimum Gasteiger partial charge on any atom is -0.314 e. The molecule has 0 radical (unpaired) electrons. The molecule has 0 aliphatic carbocycles. The molecule has 2 aliphatic rings. The molecule has 2 saturated heterocycles. The maximum atomic E-state index is 3.67. The molecule has 0 bridgehead atoms. The van der Waals surface area contributed by atoms with Crippen LogP contribution in [0.15, 0.2) is 0 Å². The summed E-state index contributed by atoms with van der Waals surface area (Å²) in [5.41, 5.74) is 0. The van der Waals surface area contributed by atoms with E-state index in [0.717, 1.165) is 17.9 Å². The van der Waals surface area contributed by atoms with Crippen LogP contribution < -0.4 is 5.32 Å². The van der Waals surface area contributed by atoms with E-state index in [9.17, 15) is 0 Å². The fourth-order valence-corrected chi connectivity index (χ4v) is 3.22. The molecular formula is C13H26N2. The van der Waals surface area contributed by atoms with Crippen LogP contribution in [0.5, 0.6) is 0 Å². The summed E-state index contributed by atoms with van der Waals surface area (Å²) in [5, 5.41) is 3.67. The van der Waals surface area contributed by atoms with Crippen LogP contribution in [0.4, 0.5) is 0 Å². The highest BCUT2D eigenvalue weighted by atomic mass is 15.1. The lowest BCUT2D eigenvalue weighted by molar-refractivity contribution is 0.138. The molecule has 2 rings (SSSR count). The van der Waals surface area contributed by atoms with Gasteiger partial charge in [-0.1, -0.05) is 13.8 Å². The van der Waals surface area contributed by atoms with Crippen LogP contribution in [0.1, 0.15) is 39.5 Å². The normalized spacial score (nSPS) is 33.8. The standard InChI is InChI=1S/C13H26N2/c1-11(2)9-15-8-4-5-12(10-15)13-6-3-7-14-13/h11-14H,3-10H2,1-2H3. The first-order valence-corrected chi connectivity index (χ1v) is 6.71. The van der Waals surface area contributed by atoms with Gasteiger partial charge in [-0.15, -0.1) is 0 Å². The van der Waals surface area contributed by atoms with Crippen LogP contribution in [-0.4, -0.2) is 37.1 Å². The van der Waals surface area contributed by atoms with Crippen LogP contribution in [0.3, 0.4) is 0 Å². The predicted molar refractivity (Wildman–Crippen MR) is 65.0 cm³/mol. The summed E-state index contributed by atoms with van der Waals surface area (Å²) in [7, 11) is 0. The Balaban J connectivity index is 1.80. The van der Waals surface area contributed by atoms with Crippen molar-refractivity contribution in [1.29, 1.82) is 0 Å². The number of hydrogen-bond acceptors (Lipinski definition) is 2. The number of nitrogens with one attached hydrogen (secondary N) is 1. The van der Waals surface area contributed by atoms with E-state index >= 15 is 0 Å². The predicted octanol–water partition coefficient (Wildman–Crippen LogP) is 2.11. The van der Waals surface area contributed by atoms with Gasteiger partial charge in [0.15, 0.2) is 0 Å². The van der Waals surface area contributed by atoms with E-state index in [1.807, 2.05) is 0 Å². The quantitative estimate of drug-likeness (QED) is 0.767. The van der Waals surface area contributed by atoms with Crippen molar-refractivity contribution >= 4 is 0 Å². The lowest BCUT2D eigenvalue weighted by Crippen LogP contribution is -2.44. The summed E-state index contributed by atoms with van der Waals surface area (Å²) in [4.78, 5) is 2.68. The molecule has 0 aromatic heterocycles. The molecule has 0 saturated carbocycles. The maximum Gasteiger partial charge on any atom is 0.0108 e. The first-order valence-electron chi connectivity index (χ1n) is 6.71. The van der Waals surface area contributed by atoms with Crippen molar-refractivity contribution in [1.82, 2.24) is 10.2 Å². The van der Waals surface area contributed by atoms with Gasteiger partial charge in [-0.3, -0.25) is 0 Å². The maximum absolute atomic E-state index is 3.67. The summed E-state index contributed by atoms with van der Waals surface area (Å²) in [6.45, 7) is 9.89. The largest absolute Gasteiger partial charge is 0.314 e. The molecule has 2 fully saturated rings. The lowest BCUT2D eigenvalue weighted by Gasteiger charge is -2.36. The third-order valence-electron chi connectivity index (χ3n) is 3.83. The van der Waals surface area contributed by atoms with E-state index in [1.54, 1.807) is 0 Å². The van der Waals surface area contributed by atoms with E-state index in [0.29, 0.717) is 0 Å². The molecule has 0 amide bonds. The first kappa shape index (κ1) is 11.4. The van der Waals surface area contributed by atoms with Gasteiger partial charge in [-0.05, 0) is 50.6 Å². The highest BCUT2D eigenvalue weighted by molar-refractivity contribution is 4.86. The number of hydrogen-bond donors (Lipinski definition) is 1. The molecule has 2 atom stereocenters. The van der Waals surface area contributed by atoms with Crippen LogP contribution in [-0.2, 0) is 0 Å². The molecule has 2 heteroatoms. The first-order chi connectivity index (χ1) is 7.25. The Labute approximate surface area is 94.4 Å². The Hall–Kier alpha value is -0.0800. The van der Waals surface area contributed by atoms with Crippen molar-refractivity contribution in [3.8, 4) is 0 Å². The molecule has 88 valence electrons. The Kier molecular flexibility index (Phi) is 4.04. The fraction of sp³-hybridized carbons (Fsp3) is 1.00. The third kappa shape index (κ3) is 3.18. The zero-order valence-corrected chi connectivity index (χ0v) is 10.3. The van der Waals surface area contributed by atoms with E-state index in [1.165, 1.54) is 51.9 Å². The second-order valence-electron chi connectivity index (χ2n) is 5.76. The summed E-state index contributed by atoms with van der Waals surface area (Å²) in [6, 6.07) is 0.833. The Morgan fingerprint density at radius 1 is 1.27 bits per heavy atom. The topological polar surface area (TPSA) is 15.3 Å². The van der Waals surface area contributed by atoms with Gasteiger partial charge in [0.1, 0.15) is 0 Å². The Bertz CT molecular complexity index is 185. The molecule has 2 nitrogen and oxygen atoms in total. The van der Waals surface area contributed by atoms with E-state index in [4.69, 9.17) is 0 Å². The Morgan fingerprint density at radius 2 is 2.13 bits per heavy atom. The zero-order valence-electron chi connectivity index (χ0n) is 10.3. The Morgan fingerprint density at radius 3 is 2.80 bits per heavy atom. The van der Waals surface area contributed by atoms with Crippen LogP contribution in [0.2, 0.25) is 0 Å². The van der Waals surface area contributed by atoms with Crippen LogP contribution in [0, 0.1) is 11.8 Å². The second kappa shape index (κ2) is 5.31. The molecule has 0 aromatic rings. The third-order valence-corrected chi connectivity index (χ3v) is 3.83. The number of nitrogens with zero attached hydrogens (tertiary/aromatic N) is 1. The van der Waals surface area contributed by atoms with Crippen molar-refractivity contribution < 1.29 is 0 Å². The van der Waals surface area contributed by atoms with Gasteiger partial charge in [0, 0.05) is 19.1 Å². The minimum absolute atomic E-state index is 0.820. The molecule has 2 aliphatic heterocycles. The van der Waals surface area contributed by atoms with Crippen molar-refractivity contribution in [3.05, 3.63) is 0 Å². The number of piperidine rings is 1. The van der Waals surface area contributed by atoms with E-state index < -0.39 is 0 Å². The number of rotatable bonds is 3. The molecule has 2 heterocycles. The average molecular weight is 210 g/mol. The van der Waals surface area contributed by atoms with Gasteiger partial charge >= 0.3 is 0 Å². The van der Waals surface area contributed by atoms with Gasteiger partial charge in [0.2, 0.25) is 0 Å². The minimum atomic E-state index is 0.820. The van der Waals surface area contributed by atoms with Gasteiger partial charge in [-0.2, -0.15) is 0 Å². The van der Waals surface area contributed by atoms with Crippen molar-refractivity contribution in [2.75, 3.05) is 26.2 Å². The average Bonchev–Trinajstić information content (AvgIpc) is 2.69. The fourth-order valence-electron chi connectivity index (χ4n) is 3.22. The lowest BCUT2D eigenvalue weighted by atomic mass is 9.89. The summed E-state index contributed by atoms with van der Waals surface area (Å²) >= 11 is 0. The van der Waals surface area contributed by atoms with E-state index in [-0.39, 0.29) is 0 Å². The van der Waals surface area contributed by atoms with Crippen LogP contribution in [0.25, 0.3) is 0 Å². The van der Waals surface area contributed by atoms with E-state index in [2.05, 4.69) is 24.1 Å². The highest BCUT2D eigenvalue weighted by Gasteiger charge is 2.28. The van der Waals surface area contributed by atoms with Crippen molar-refractivity contribution in [2.45, 2.75) is 45.6 Å². The van der Waals surface area contributed by atoms with Crippen molar-refractivity contribution in [3.63, 3.8) is 0 Å². The van der Waals surface area contributed by atoms with Gasteiger partial charge < -0.3 is 10.2 Å². The van der Waals surface area contributed by atoms with Gasteiger partial charge in [0.05, 0.1) is 0 Å². The van der Waals surface area contributed by atoms with Gasteiger partial charge in [-0.25, -0.2) is 0 Å². The molecule has 1 N–H and O–H groups in total. The molecular weight excluding hydrogens is 184 g/mol. The molecule has 0 spiro atoms. The van der Waals surface area contributed by atoms with Crippen LogP contribution >= 0.6 is 0 Å². The summed E-state index contributed by atoms with van der Waals surface area (Å²) in [5.74, 6) is 1.75. The van der Waals surface area contributed by atoms with Crippen molar-refractivity contribution in [2.24, 2.45) is 11.8 Å². The summed E-state index contributed by atoms with van der Waals surface area (Å²) in [6.07, 6.45) is 5.67. The number of likely N-dealkylation sites (tertiary alicyclic amines) is 1. The highest BCUT2D eigenvalue weighted by Crippen LogP contribution is 2.24. The van der Waals surface area contributed by atoms with Gasteiger partial charge in [0.25, 0.3) is 0 Å². The zero-order chi connectivity index (χ0) is 10.7. The second-order valence-corrected chi connectivity index (χ2v) is 5.76. The molecule has 2 unspecified atom stereocenters. The summed E-state index contributed by atoms with van der Waals surface area (Å²) < 4.78 is 0. The molecule has 15 heavy (non-hydrogen) atoms. The monoisotopic (exact) mass is 210 g/mol. The SMILES string of the molecule is CC(C)CN1CCCC(C2CCCN2)C1.